The van der Waals surface area contributed by atoms with Crippen LogP contribution in [0.5, 0.6) is 5.75 Å². The van der Waals surface area contributed by atoms with Gasteiger partial charge in [0.05, 0.1) is 11.0 Å². The fraction of sp³-hybridized carbons (Fsp3) is 0.105. The molecule has 25 heavy (non-hydrogen) atoms. The Labute approximate surface area is 153 Å². The number of nitrogens with zero attached hydrogens (tertiary/aromatic N) is 1. The zero-order valence-corrected chi connectivity index (χ0v) is 14.8. The van der Waals surface area contributed by atoms with Gasteiger partial charge >= 0.3 is 0 Å². The maximum Gasteiger partial charge on any atom is 0.270 e. The van der Waals surface area contributed by atoms with Crippen molar-refractivity contribution in [1.29, 1.82) is 0 Å². The van der Waals surface area contributed by atoms with Gasteiger partial charge in [0.2, 0.25) is 0 Å². The SMILES string of the molecule is O=CCNC(=O)c1ccc2ccc(Br)c(OCc3ccccc3)c2n1. The van der Waals surface area contributed by atoms with Crippen molar-refractivity contribution in [1.82, 2.24) is 10.3 Å². The van der Waals surface area contributed by atoms with Gasteiger partial charge in [-0.2, -0.15) is 0 Å². The van der Waals surface area contributed by atoms with Crippen LogP contribution < -0.4 is 10.1 Å². The molecule has 0 aliphatic rings. The van der Waals surface area contributed by atoms with E-state index in [0.29, 0.717) is 24.2 Å². The molecule has 0 aliphatic carbocycles. The highest BCUT2D eigenvalue weighted by atomic mass is 79.9. The van der Waals surface area contributed by atoms with E-state index in [1.807, 2.05) is 42.5 Å². The second kappa shape index (κ2) is 7.90. The Morgan fingerprint density at radius 1 is 1.12 bits per heavy atom. The van der Waals surface area contributed by atoms with E-state index in [1.54, 1.807) is 12.1 Å². The van der Waals surface area contributed by atoms with Gasteiger partial charge in [-0.1, -0.05) is 42.5 Å². The standard InChI is InChI=1S/C19H15BrN2O3/c20-15-8-6-14-7-9-16(19(24)21-10-11-23)22-17(14)18(15)25-12-13-4-2-1-3-5-13/h1-9,11H,10,12H2,(H,21,24). The van der Waals surface area contributed by atoms with E-state index in [-0.39, 0.29) is 12.2 Å². The highest BCUT2D eigenvalue weighted by Crippen LogP contribution is 2.33. The molecule has 0 spiro atoms. The van der Waals surface area contributed by atoms with E-state index >= 15 is 0 Å². The number of rotatable bonds is 6. The highest BCUT2D eigenvalue weighted by Gasteiger charge is 2.13. The van der Waals surface area contributed by atoms with Gasteiger partial charge in [-0.05, 0) is 33.6 Å². The lowest BCUT2D eigenvalue weighted by atomic mass is 10.2. The number of aromatic nitrogens is 1. The molecule has 0 bridgehead atoms. The summed E-state index contributed by atoms with van der Waals surface area (Å²) in [4.78, 5) is 26.9. The number of amides is 1. The largest absolute Gasteiger partial charge is 0.485 e. The first kappa shape index (κ1) is 17.1. The summed E-state index contributed by atoms with van der Waals surface area (Å²) in [6.45, 7) is 0.343. The van der Waals surface area contributed by atoms with Crippen LogP contribution in [-0.4, -0.2) is 23.7 Å². The number of fused-ring (bicyclic) bond motifs is 1. The topological polar surface area (TPSA) is 68.3 Å². The normalized spacial score (nSPS) is 10.4. The van der Waals surface area contributed by atoms with E-state index in [4.69, 9.17) is 4.74 Å². The number of nitrogens with one attached hydrogen (secondary N) is 1. The summed E-state index contributed by atoms with van der Waals surface area (Å²) < 4.78 is 6.71. The summed E-state index contributed by atoms with van der Waals surface area (Å²) in [7, 11) is 0. The number of carbonyl (C=O) groups excluding carboxylic acids is 2. The first-order valence-corrected chi connectivity index (χ1v) is 8.46. The van der Waals surface area contributed by atoms with Gasteiger partial charge in [-0.15, -0.1) is 0 Å². The molecule has 1 amide bonds. The fourth-order valence-electron chi connectivity index (χ4n) is 2.36. The molecule has 126 valence electrons. The molecule has 5 nitrogen and oxygen atoms in total. The number of hydrogen-bond donors (Lipinski definition) is 1. The lowest BCUT2D eigenvalue weighted by Crippen LogP contribution is -2.25. The monoisotopic (exact) mass is 398 g/mol. The van der Waals surface area contributed by atoms with Crippen molar-refractivity contribution in [2.75, 3.05) is 6.54 Å². The molecule has 6 heteroatoms. The van der Waals surface area contributed by atoms with Crippen molar-refractivity contribution >= 4 is 39.0 Å². The van der Waals surface area contributed by atoms with Gasteiger partial charge in [0, 0.05) is 5.39 Å². The van der Waals surface area contributed by atoms with Crippen LogP contribution in [0, 0.1) is 0 Å². The van der Waals surface area contributed by atoms with E-state index in [1.165, 1.54) is 0 Å². The molecule has 1 heterocycles. The second-order valence-corrected chi connectivity index (χ2v) is 6.15. The van der Waals surface area contributed by atoms with Gasteiger partial charge < -0.3 is 14.8 Å². The minimum absolute atomic E-state index is 0.0472. The number of aldehydes is 1. The molecule has 0 aliphatic heterocycles. The van der Waals surface area contributed by atoms with Crippen LogP contribution in [0.2, 0.25) is 0 Å². The number of halogens is 1. The Kier molecular flexibility index (Phi) is 5.40. The van der Waals surface area contributed by atoms with E-state index in [9.17, 15) is 9.59 Å². The molecular formula is C19H15BrN2O3. The van der Waals surface area contributed by atoms with Crippen LogP contribution >= 0.6 is 15.9 Å². The molecule has 2 aromatic carbocycles. The van der Waals surface area contributed by atoms with Crippen molar-refractivity contribution in [2.24, 2.45) is 0 Å². The van der Waals surface area contributed by atoms with Crippen LogP contribution in [0.25, 0.3) is 10.9 Å². The minimum Gasteiger partial charge on any atom is -0.485 e. The summed E-state index contributed by atoms with van der Waals surface area (Å²) in [6, 6.07) is 17.0. The lowest BCUT2D eigenvalue weighted by molar-refractivity contribution is -0.107. The van der Waals surface area contributed by atoms with Crippen LogP contribution in [0.3, 0.4) is 0 Å². The van der Waals surface area contributed by atoms with Crippen molar-refractivity contribution in [3.63, 3.8) is 0 Å². The first-order valence-electron chi connectivity index (χ1n) is 7.67. The van der Waals surface area contributed by atoms with Crippen molar-refractivity contribution < 1.29 is 14.3 Å². The number of carbonyl (C=O) groups is 2. The van der Waals surface area contributed by atoms with E-state index in [2.05, 4.69) is 26.2 Å². The molecule has 0 radical (unpaired) electrons. The van der Waals surface area contributed by atoms with Gasteiger partial charge in [0.25, 0.3) is 5.91 Å². The summed E-state index contributed by atoms with van der Waals surface area (Å²) in [5.41, 5.74) is 1.85. The summed E-state index contributed by atoms with van der Waals surface area (Å²) in [5, 5.41) is 3.34. The maximum atomic E-state index is 12.0. The predicted octanol–water partition coefficient (Wildman–Crippen LogP) is 3.51. The summed E-state index contributed by atoms with van der Waals surface area (Å²) >= 11 is 3.48. The lowest BCUT2D eigenvalue weighted by Gasteiger charge is -2.12. The number of benzene rings is 2. The quantitative estimate of drug-likeness (QED) is 0.645. The van der Waals surface area contributed by atoms with Gasteiger partial charge in [0.1, 0.15) is 24.1 Å². The average Bonchev–Trinajstić information content (AvgIpc) is 2.65. The van der Waals surface area contributed by atoms with E-state index < -0.39 is 5.91 Å². The molecule has 1 aromatic heterocycles. The smallest absolute Gasteiger partial charge is 0.270 e. The summed E-state index contributed by atoms with van der Waals surface area (Å²) in [5.74, 6) is 0.175. The molecule has 1 N–H and O–H groups in total. The molecule has 3 rings (SSSR count). The third kappa shape index (κ3) is 4.03. The Bertz CT molecular complexity index is 913. The predicted molar refractivity (Wildman–Crippen MR) is 98.6 cm³/mol. The van der Waals surface area contributed by atoms with Crippen molar-refractivity contribution in [3.8, 4) is 5.75 Å². The highest BCUT2D eigenvalue weighted by molar-refractivity contribution is 9.10. The third-order valence-electron chi connectivity index (χ3n) is 3.57. The Balaban J connectivity index is 1.94. The number of hydrogen-bond acceptors (Lipinski definition) is 4. The number of ether oxygens (including phenoxy) is 1. The summed E-state index contributed by atoms with van der Waals surface area (Å²) in [6.07, 6.45) is 0.629. The average molecular weight is 399 g/mol. The molecular weight excluding hydrogens is 384 g/mol. The fourth-order valence-corrected chi connectivity index (χ4v) is 2.79. The van der Waals surface area contributed by atoms with Gasteiger partial charge in [-0.25, -0.2) is 4.98 Å². The van der Waals surface area contributed by atoms with Crippen LogP contribution in [-0.2, 0) is 11.4 Å². The molecule has 0 saturated heterocycles. The number of pyridine rings is 1. The van der Waals surface area contributed by atoms with Crippen molar-refractivity contribution in [3.05, 3.63) is 70.3 Å². The zero-order valence-electron chi connectivity index (χ0n) is 13.2. The minimum atomic E-state index is -0.400. The van der Waals surface area contributed by atoms with Gasteiger partial charge in [-0.3, -0.25) is 4.79 Å². The second-order valence-electron chi connectivity index (χ2n) is 5.30. The maximum absolute atomic E-state index is 12.0. The van der Waals surface area contributed by atoms with Crippen LogP contribution in [0.4, 0.5) is 0 Å². The molecule has 0 saturated carbocycles. The Morgan fingerprint density at radius 3 is 2.64 bits per heavy atom. The molecule has 3 aromatic rings. The Morgan fingerprint density at radius 2 is 1.88 bits per heavy atom. The van der Waals surface area contributed by atoms with Gasteiger partial charge in [0.15, 0.2) is 5.75 Å². The third-order valence-corrected chi connectivity index (χ3v) is 4.20. The van der Waals surface area contributed by atoms with E-state index in [0.717, 1.165) is 15.4 Å². The Hall–Kier alpha value is -2.73. The van der Waals surface area contributed by atoms with Crippen LogP contribution in [0.15, 0.2) is 59.1 Å². The van der Waals surface area contributed by atoms with Crippen molar-refractivity contribution in [2.45, 2.75) is 6.61 Å². The van der Waals surface area contributed by atoms with Crippen LogP contribution in [0.1, 0.15) is 16.1 Å². The molecule has 0 atom stereocenters. The zero-order chi connectivity index (χ0) is 17.6. The molecule has 0 fully saturated rings. The molecule has 0 unspecified atom stereocenters. The first-order chi connectivity index (χ1) is 12.2.